The monoisotopic (exact) mass is 308 g/mol. The van der Waals surface area contributed by atoms with E-state index in [2.05, 4.69) is 21.8 Å². The number of rotatable bonds is 2. The molecule has 0 aromatic carbocycles. The zero-order valence-corrected chi connectivity index (χ0v) is 13.1. The molecule has 2 saturated heterocycles. The maximum Gasteiger partial charge on any atom is 0.272 e. The lowest BCUT2D eigenvalue weighted by molar-refractivity contribution is 0.0750. The predicted octanol–water partition coefficient (Wildman–Crippen LogP) is 1.20. The molecular formula is C15H21ClN4O. The number of amides is 1. The van der Waals surface area contributed by atoms with Gasteiger partial charge in [-0.1, -0.05) is 11.6 Å². The van der Waals surface area contributed by atoms with Crippen molar-refractivity contribution in [1.29, 1.82) is 0 Å². The number of halogens is 1. The van der Waals surface area contributed by atoms with Crippen molar-refractivity contribution in [1.82, 2.24) is 19.7 Å². The summed E-state index contributed by atoms with van der Waals surface area (Å²) in [7, 11) is 2.16. The summed E-state index contributed by atoms with van der Waals surface area (Å²) in [4.78, 5) is 23.3. The van der Waals surface area contributed by atoms with Crippen molar-refractivity contribution in [3.63, 3.8) is 0 Å². The molecular weight excluding hydrogens is 288 g/mol. The standard InChI is InChI=1S/C15H21ClN4O/c1-18-6-8-19(9-7-18)13-4-5-20(11-13)15(21)14-3-2-12(16)10-17-14/h2-3,10,13H,4-9,11H2,1H3. The quantitative estimate of drug-likeness (QED) is 0.823. The van der Waals surface area contributed by atoms with Gasteiger partial charge >= 0.3 is 0 Å². The number of pyridine rings is 1. The molecule has 1 unspecified atom stereocenters. The van der Waals surface area contributed by atoms with Crippen molar-refractivity contribution in [3.8, 4) is 0 Å². The molecule has 1 amide bonds. The van der Waals surface area contributed by atoms with E-state index >= 15 is 0 Å². The van der Waals surface area contributed by atoms with Gasteiger partial charge in [0.1, 0.15) is 5.69 Å². The Kier molecular flexibility index (Phi) is 4.42. The van der Waals surface area contributed by atoms with Crippen molar-refractivity contribution in [3.05, 3.63) is 29.0 Å². The van der Waals surface area contributed by atoms with Gasteiger partial charge in [0.05, 0.1) is 5.02 Å². The highest BCUT2D eigenvalue weighted by Gasteiger charge is 2.32. The van der Waals surface area contributed by atoms with E-state index in [1.165, 1.54) is 6.20 Å². The number of carbonyl (C=O) groups excluding carboxylic acids is 1. The van der Waals surface area contributed by atoms with Crippen LogP contribution in [0.5, 0.6) is 0 Å². The molecule has 6 heteroatoms. The topological polar surface area (TPSA) is 39.7 Å². The molecule has 21 heavy (non-hydrogen) atoms. The lowest BCUT2D eigenvalue weighted by atomic mass is 10.2. The summed E-state index contributed by atoms with van der Waals surface area (Å²) in [5.41, 5.74) is 0.485. The fourth-order valence-electron chi connectivity index (χ4n) is 3.08. The van der Waals surface area contributed by atoms with Crippen LogP contribution in [0.25, 0.3) is 0 Å². The predicted molar refractivity (Wildman–Crippen MR) is 82.6 cm³/mol. The summed E-state index contributed by atoms with van der Waals surface area (Å²) in [6, 6.07) is 3.92. The van der Waals surface area contributed by atoms with E-state index in [1.54, 1.807) is 12.1 Å². The van der Waals surface area contributed by atoms with Crippen molar-refractivity contribution < 1.29 is 4.79 Å². The number of carbonyl (C=O) groups is 1. The Hall–Kier alpha value is -1.17. The SMILES string of the molecule is CN1CCN(C2CCN(C(=O)c3ccc(Cl)cn3)C2)CC1. The van der Waals surface area contributed by atoms with Crippen molar-refractivity contribution >= 4 is 17.5 Å². The van der Waals surface area contributed by atoms with Gasteiger partial charge in [-0.05, 0) is 25.6 Å². The van der Waals surface area contributed by atoms with Gasteiger partial charge in [-0.2, -0.15) is 0 Å². The van der Waals surface area contributed by atoms with Crippen LogP contribution in [-0.2, 0) is 0 Å². The van der Waals surface area contributed by atoms with Crippen LogP contribution in [0.3, 0.4) is 0 Å². The Morgan fingerprint density at radius 1 is 1.24 bits per heavy atom. The molecule has 0 bridgehead atoms. The van der Waals surface area contributed by atoms with E-state index in [4.69, 9.17) is 11.6 Å². The molecule has 2 aliphatic rings. The second kappa shape index (κ2) is 6.30. The van der Waals surface area contributed by atoms with Gasteiger partial charge in [0.2, 0.25) is 0 Å². The van der Waals surface area contributed by atoms with Crippen molar-refractivity contribution in [2.24, 2.45) is 0 Å². The summed E-state index contributed by atoms with van der Waals surface area (Å²) in [6.45, 7) is 6.06. The average molecular weight is 309 g/mol. The smallest absolute Gasteiger partial charge is 0.272 e. The van der Waals surface area contributed by atoms with E-state index < -0.39 is 0 Å². The number of nitrogens with zero attached hydrogens (tertiary/aromatic N) is 4. The minimum Gasteiger partial charge on any atom is -0.336 e. The molecule has 1 aromatic heterocycles. The van der Waals surface area contributed by atoms with E-state index in [1.807, 2.05) is 4.90 Å². The molecule has 5 nitrogen and oxygen atoms in total. The third-order valence-electron chi connectivity index (χ3n) is 4.45. The van der Waals surface area contributed by atoms with Gasteiger partial charge in [-0.25, -0.2) is 4.98 Å². The minimum absolute atomic E-state index is 0.0169. The van der Waals surface area contributed by atoms with Gasteiger partial charge in [-0.15, -0.1) is 0 Å². The number of piperazine rings is 1. The van der Waals surface area contributed by atoms with Crippen LogP contribution in [0.4, 0.5) is 0 Å². The van der Waals surface area contributed by atoms with Crippen LogP contribution in [0.15, 0.2) is 18.3 Å². The van der Waals surface area contributed by atoms with E-state index in [0.717, 1.165) is 45.7 Å². The van der Waals surface area contributed by atoms with Gasteiger partial charge < -0.3 is 9.80 Å². The Bertz CT molecular complexity index is 499. The molecule has 114 valence electrons. The van der Waals surface area contributed by atoms with Crippen LogP contribution < -0.4 is 0 Å². The molecule has 0 saturated carbocycles. The molecule has 0 N–H and O–H groups in total. The number of likely N-dealkylation sites (tertiary alicyclic amines) is 1. The highest BCUT2D eigenvalue weighted by Crippen LogP contribution is 2.19. The maximum atomic E-state index is 12.4. The van der Waals surface area contributed by atoms with Gasteiger partial charge in [0.25, 0.3) is 5.91 Å². The minimum atomic E-state index is 0.0169. The first-order valence-electron chi connectivity index (χ1n) is 7.47. The normalized spacial score (nSPS) is 24.5. The first-order valence-corrected chi connectivity index (χ1v) is 7.85. The van der Waals surface area contributed by atoms with E-state index in [0.29, 0.717) is 16.8 Å². The first kappa shape index (κ1) is 14.8. The number of likely N-dealkylation sites (N-methyl/N-ethyl adjacent to an activating group) is 1. The molecule has 1 atom stereocenters. The number of aromatic nitrogens is 1. The van der Waals surface area contributed by atoms with Crippen LogP contribution >= 0.6 is 11.6 Å². The van der Waals surface area contributed by atoms with Gasteiger partial charge in [0, 0.05) is 51.5 Å². The first-order chi connectivity index (χ1) is 10.1. The number of hydrogen-bond acceptors (Lipinski definition) is 4. The molecule has 0 radical (unpaired) electrons. The van der Waals surface area contributed by atoms with E-state index in [-0.39, 0.29) is 5.91 Å². The van der Waals surface area contributed by atoms with Gasteiger partial charge in [0.15, 0.2) is 0 Å². The third kappa shape index (κ3) is 3.36. The molecule has 1 aromatic rings. The zero-order valence-electron chi connectivity index (χ0n) is 12.3. The second-order valence-corrected chi connectivity index (χ2v) is 6.33. The molecule has 3 heterocycles. The fourth-order valence-corrected chi connectivity index (χ4v) is 3.19. The maximum absolute atomic E-state index is 12.4. The number of hydrogen-bond donors (Lipinski definition) is 0. The summed E-state index contributed by atoms with van der Waals surface area (Å²) in [5.74, 6) is 0.0169. The molecule has 3 rings (SSSR count). The molecule has 2 aliphatic heterocycles. The molecule has 2 fully saturated rings. The summed E-state index contributed by atoms with van der Waals surface area (Å²) in [5, 5.41) is 0.559. The van der Waals surface area contributed by atoms with Crippen LogP contribution in [0.2, 0.25) is 5.02 Å². The van der Waals surface area contributed by atoms with E-state index in [9.17, 15) is 4.79 Å². The van der Waals surface area contributed by atoms with Crippen LogP contribution in [-0.4, -0.2) is 77.9 Å². The van der Waals surface area contributed by atoms with Gasteiger partial charge in [-0.3, -0.25) is 9.69 Å². The molecule has 0 aliphatic carbocycles. The Labute approximate surface area is 130 Å². The Morgan fingerprint density at radius 3 is 2.67 bits per heavy atom. The zero-order chi connectivity index (χ0) is 14.8. The van der Waals surface area contributed by atoms with Crippen LogP contribution in [0.1, 0.15) is 16.9 Å². The fraction of sp³-hybridized carbons (Fsp3) is 0.600. The van der Waals surface area contributed by atoms with Crippen molar-refractivity contribution in [2.75, 3.05) is 46.3 Å². The van der Waals surface area contributed by atoms with Crippen LogP contribution in [0, 0.1) is 0 Å². The summed E-state index contributed by atoms with van der Waals surface area (Å²) >= 11 is 5.81. The Balaban J connectivity index is 1.59. The highest BCUT2D eigenvalue weighted by molar-refractivity contribution is 6.30. The summed E-state index contributed by atoms with van der Waals surface area (Å²) < 4.78 is 0. The van der Waals surface area contributed by atoms with Crippen molar-refractivity contribution in [2.45, 2.75) is 12.5 Å². The highest BCUT2D eigenvalue weighted by atomic mass is 35.5. The summed E-state index contributed by atoms with van der Waals surface area (Å²) in [6.07, 6.45) is 2.59. The lowest BCUT2D eigenvalue weighted by Gasteiger charge is -2.36. The largest absolute Gasteiger partial charge is 0.336 e. The Morgan fingerprint density at radius 2 is 2.00 bits per heavy atom. The third-order valence-corrected chi connectivity index (χ3v) is 4.67. The second-order valence-electron chi connectivity index (χ2n) is 5.89. The molecule has 0 spiro atoms. The lowest BCUT2D eigenvalue weighted by Crippen LogP contribution is -2.50. The average Bonchev–Trinajstić information content (AvgIpc) is 2.98.